The maximum atomic E-state index is 14.0. The second kappa shape index (κ2) is 15.7. The van der Waals surface area contributed by atoms with E-state index in [0.717, 1.165) is 22.3 Å². The molecule has 0 spiro atoms. The fourth-order valence-electron chi connectivity index (χ4n) is 6.33. The number of anilines is 1. The minimum Gasteiger partial charge on any atom is -0.477 e. The molecule has 2 aliphatic heterocycles. The number of hydrogen-bond acceptors (Lipinski definition) is 9. The standard InChI is InChI=1S/C39H32IN5O5S2/c40-21-26-23-51-36-32(35(47)45(36)33(26)37(48)49)42-34(46)31(44-50-22-25-13-5-1-6-14-25)30-24-52-38(41-30)43-39(27-15-7-2-8-16-27,28-17-9-3-10-18-28)29-19-11-4-12-20-29/h1-20,24,32,36H,21-23H2,(H,41,43)(H,42,46)(H,48,49)/b44-31+/t32-,36-/m1/s1. The third kappa shape index (κ3) is 6.95. The van der Waals surface area contributed by atoms with E-state index in [1.165, 1.54) is 28.0 Å². The van der Waals surface area contributed by atoms with E-state index in [4.69, 9.17) is 9.82 Å². The highest BCUT2D eigenvalue weighted by Crippen LogP contribution is 2.42. The first kappa shape index (κ1) is 35.4. The van der Waals surface area contributed by atoms with Crippen molar-refractivity contribution in [2.24, 2.45) is 5.16 Å². The molecule has 13 heteroatoms. The molecule has 10 nitrogen and oxygen atoms in total. The molecule has 2 amide bonds. The molecule has 0 radical (unpaired) electrons. The molecule has 3 N–H and O–H groups in total. The monoisotopic (exact) mass is 841 g/mol. The molecule has 7 rings (SSSR count). The largest absolute Gasteiger partial charge is 0.477 e. The Hall–Kier alpha value is -4.99. The van der Waals surface area contributed by atoms with Crippen molar-refractivity contribution in [1.82, 2.24) is 15.2 Å². The first-order chi connectivity index (χ1) is 25.4. The van der Waals surface area contributed by atoms with E-state index in [9.17, 15) is 19.5 Å². The molecule has 4 aromatic carbocycles. The molecule has 2 atom stereocenters. The van der Waals surface area contributed by atoms with Crippen molar-refractivity contribution in [2.45, 2.75) is 23.6 Å². The quantitative estimate of drug-likeness (QED) is 0.0300. The van der Waals surface area contributed by atoms with Crippen LogP contribution in [0.25, 0.3) is 0 Å². The van der Waals surface area contributed by atoms with E-state index in [1.54, 1.807) is 5.38 Å². The van der Waals surface area contributed by atoms with Gasteiger partial charge in [0.2, 0.25) is 0 Å². The van der Waals surface area contributed by atoms with Crippen molar-refractivity contribution in [2.75, 3.05) is 15.5 Å². The highest BCUT2D eigenvalue weighted by atomic mass is 127. The number of carbonyl (C=O) groups is 3. The average Bonchev–Trinajstić information content (AvgIpc) is 3.66. The number of oxime groups is 1. The lowest BCUT2D eigenvalue weighted by Gasteiger charge is -2.49. The summed E-state index contributed by atoms with van der Waals surface area (Å²) in [6, 6.07) is 38.8. The number of fused-ring (bicyclic) bond motifs is 1. The van der Waals surface area contributed by atoms with Gasteiger partial charge in [0.05, 0.1) is 0 Å². The summed E-state index contributed by atoms with van der Waals surface area (Å²) >= 11 is 4.82. The van der Waals surface area contributed by atoms with Crippen molar-refractivity contribution in [3.05, 3.63) is 166 Å². The number of carbonyl (C=O) groups excluding carboxylic acids is 2. The first-order valence-electron chi connectivity index (χ1n) is 16.3. The van der Waals surface area contributed by atoms with Gasteiger partial charge >= 0.3 is 5.97 Å². The highest BCUT2D eigenvalue weighted by molar-refractivity contribution is 14.1. The van der Waals surface area contributed by atoms with Crippen LogP contribution in [0.3, 0.4) is 0 Å². The molecular formula is C39H32IN5O5S2. The molecule has 1 fully saturated rings. The predicted octanol–water partition coefficient (Wildman–Crippen LogP) is 6.64. The summed E-state index contributed by atoms with van der Waals surface area (Å²) in [4.78, 5) is 51.3. The number of rotatable bonds is 13. The van der Waals surface area contributed by atoms with E-state index in [2.05, 4.69) is 74.8 Å². The van der Waals surface area contributed by atoms with Crippen LogP contribution in [0.1, 0.15) is 27.9 Å². The van der Waals surface area contributed by atoms with Gasteiger partial charge in [-0.1, -0.05) is 149 Å². The Morgan fingerprint density at radius 2 is 1.46 bits per heavy atom. The van der Waals surface area contributed by atoms with E-state index in [-0.39, 0.29) is 23.7 Å². The predicted molar refractivity (Wildman–Crippen MR) is 211 cm³/mol. The minimum atomic E-state index is -1.16. The van der Waals surface area contributed by atoms with E-state index >= 15 is 0 Å². The Morgan fingerprint density at radius 3 is 2.00 bits per heavy atom. The number of β-lactam (4-membered cyclic amide) rings is 1. The topological polar surface area (TPSA) is 133 Å². The smallest absolute Gasteiger partial charge is 0.352 e. The SMILES string of the molecule is O=C(O)C1=C(CI)CS[C@@H]2[C@H](NC(=O)/C(=N/OCc3ccccc3)c3csc(NC(c4ccccc4)(c4ccccc4)c4ccccc4)n3)C(=O)N12. The number of benzene rings is 4. The lowest BCUT2D eigenvalue weighted by Crippen LogP contribution is -2.71. The summed E-state index contributed by atoms with van der Waals surface area (Å²) in [6.45, 7) is 0.104. The number of halogens is 1. The van der Waals surface area contributed by atoms with Gasteiger partial charge in [0.1, 0.15) is 35.0 Å². The molecular weight excluding hydrogens is 809 g/mol. The number of thiazole rings is 1. The van der Waals surface area contributed by atoms with E-state index in [0.29, 0.717) is 20.9 Å². The van der Waals surface area contributed by atoms with Gasteiger partial charge in [-0.25, -0.2) is 9.78 Å². The number of thioether (sulfide) groups is 1. The molecule has 0 bridgehead atoms. The summed E-state index contributed by atoms with van der Waals surface area (Å²) in [5.74, 6) is -1.87. The van der Waals surface area contributed by atoms with Crippen molar-refractivity contribution in [1.29, 1.82) is 0 Å². The maximum Gasteiger partial charge on any atom is 0.352 e. The Kier molecular flexibility index (Phi) is 10.7. The number of carboxylic acid groups (broad SMARTS) is 1. The van der Waals surface area contributed by atoms with Crippen LogP contribution in [0.15, 0.2) is 143 Å². The van der Waals surface area contributed by atoms with Gasteiger partial charge in [-0.2, -0.15) is 0 Å². The zero-order valence-electron chi connectivity index (χ0n) is 27.5. The minimum absolute atomic E-state index is 0.0114. The molecule has 262 valence electrons. The van der Waals surface area contributed by atoms with E-state index in [1.807, 2.05) is 84.9 Å². The van der Waals surface area contributed by atoms with Gasteiger partial charge in [0, 0.05) is 15.6 Å². The lowest BCUT2D eigenvalue weighted by atomic mass is 9.77. The van der Waals surface area contributed by atoms with Crippen molar-refractivity contribution in [3.63, 3.8) is 0 Å². The number of carboxylic acids is 1. The number of amides is 2. The van der Waals surface area contributed by atoms with Gasteiger partial charge in [0.15, 0.2) is 10.8 Å². The summed E-state index contributed by atoms with van der Waals surface area (Å²) in [7, 11) is 0. The Bertz CT molecular complexity index is 2030. The molecule has 5 aromatic rings. The number of aliphatic carboxylic acids is 1. The van der Waals surface area contributed by atoms with Crippen LogP contribution in [0.5, 0.6) is 0 Å². The van der Waals surface area contributed by atoms with Crippen LogP contribution in [0, 0.1) is 0 Å². The normalized spacial score (nSPS) is 17.2. The highest BCUT2D eigenvalue weighted by Gasteiger charge is 2.54. The van der Waals surface area contributed by atoms with Gasteiger partial charge in [-0.15, -0.1) is 23.1 Å². The molecule has 3 heterocycles. The number of hydrogen-bond donors (Lipinski definition) is 3. The molecule has 52 heavy (non-hydrogen) atoms. The third-order valence-corrected chi connectivity index (χ3v) is 11.8. The average molecular weight is 842 g/mol. The van der Waals surface area contributed by atoms with Crippen LogP contribution >= 0.6 is 45.7 Å². The van der Waals surface area contributed by atoms with Crippen LogP contribution in [0.2, 0.25) is 0 Å². The van der Waals surface area contributed by atoms with Crippen molar-refractivity contribution < 1.29 is 24.3 Å². The Labute approximate surface area is 322 Å². The van der Waals surface area contributed by atoms with Crippen LogP contribution in [-0.2, 0) is 31.4 Å². The zero-order chi connectivity index (χ0) is 36.1. The number of nitrogens with one attached hydrogen (secondary N) is 2. The molecule has 0 unspecified atom stereocenters. The summed E-state index contributed by atoms with van der Waals surface area (Å²) in [5.41, 5.74) is 3.76. The van der Waals surface area contributed by atoms with Crippen molar-refractivity contribution in [3.8, 4) is 0 Å². The Balaban J connectivity index is 1.22. The first-order valence-corrected chi connectivity index (χ1v) is 19.8. The second-order valence-electron chi connectivity index (χ2n) is 12.0. The molecule has 1 saturated heterocycles. The number of aromatic nitrogens is 1. The summed E-state index contributed by atoms with van der Waals surface area (Å²) in [6.07, 6.45) is 0. The molecule has 0 aliphatic carbocycles. The summed E-state index contributed by atoms with van der Waals surface area (Å²) < 4.78 is 0.482. The van der Waals surface area contributed by atoms with Crippen molar-refractivity contribution >= 4 is 74.3 Å². The van der Waals surface area contributed by atoms with Crippen LogP contribution in [0.4, 0.5) is 5.13 Å². The Morgan fingerprint density at radius 1 is 0.904 bits per heavy atom. The van der Waals surface area contributed by atoms with Crippen LogP contribution in [-0.4, -0.2) is 60.1 Å². The fraction of sp³-hybridized carbons (Fsp3) is 0.154. The van der Waals surface area contributed by atoms with Gasteiger partial charge in [0.25, 0.3) is 11.8 Å². The van der Waals surface area contributed by atoms with Gasteiger partial charge < -0.3 is 20.6 Å². The van der Waals surface area contributed by atoms with E-state index < -0.39 is 34.7 Å². The zero-order valence-corrected chi connectivity index (χ0v) is 31.3. The maximum absolute atomic E-state index is 14.0. The second-order valence-corrected chi connectivity index (χ2v) is 14.7. The third-order valence-electron chi connectivity index (χ3n) is 8.80. The van der Waals surface area contributed by atoms with Crippen LogP contribution < -0.4 is 10.6 Å². The number of nitrogens with zero attached hydrogens (tertiary/aromatic N) is 3. The summed E-state index contributed by atoms with van der Waals surface area (Å²) in [5, 5.41) is 22.4. The molecule has 0 saturated carbocycles. The molecule has 1 aromatic heterocycles. The fourth-order valence-corrected chi connectivity index (χ4v) is 9.42. The van der Waals surface area contributed by atoms with Gasteiger partial charge in [-0.3, -0.25) is 14.5 Å². The van der Waals surface area contributed by atoms with Gasteiger partial charge in [-0.05, 0) is 27.8 Å². The lowest BCUT2D eigenvalue weighted by molar-refractivity contribution is -0.150. The number of alkyl halides is 1. The molecule has 2 aliphatic rings.